The van der Waals surface area contributed by atoms with Gasteiger partial charge >= 0.3 is 5.97 Å². The number of Topliss-reactive ketones (excluding diaryl/α,β-unsaturated/α-hetero) is 1. The molecule has 1 heterocycles. The van der Waals surface area contributed by atoms with E-state index in [1.54, 1.807) is 6.92 Å². The zero-order chi connectivity index (χ0) is 13.2. The molecule has 1 N–H and O–H groups in total. The maximum atomic E-state index is 11.4. The van der Waals surface area contributed by atoms with Gasteiger partial charge in [-0.1, -0.05) is 20.8 Å². The number of carbonyl (C=O) groups excluding carboxylic acids is 1. The average Bonchev–Trinajstić information content (AvgIpc) is 2.71. The van der Waals surface area contributed by atoms with E-state index in [-0.39, 0.29) is 23.5 Å². The van der Waals surface area contributed by atoms with Crippen LogP contribution in [0.1, 0.15) is 34.1 Å². The van der Waals surface area contributed by atoms with Crippen LogP contribution in [0, 0.1) is 17.8 Å². The Morgan fingerprint density at radius 2 is 2.06 bits per heavy atom. The molecule has 0 aliphatic carbocycles. The third-order valence-corrected chi connectivity index (χ3v) is 3.59. The van der Waals surface area contributed by atoms with Crippen LogP contribution in [0.3, 0.4) is 0 Å². The van der Waals surface area contributed by atoms with Crippen molar-refractivity contribution in [1.82, 2.24) is 0 Å². The molecule has 1 unspecified atom stereocenters. The number of ether oxygens (including phenoxy) is 1. The first-order valence-electron chi connectivity index (χ1n) is 6.00. The summed E-state index contributed by atoms with van der Waals surface area (Å²) in [6, 6.07) is 0. The molecule has 0 aromatic rings. The Morgan fingerprint density at radius 1 is 1.47 bits per heavy atom. The topological polar surface area (TPSA) is 63.6 Å². The fourth-order valence-corrected chi connectivity index (χ4v) is 2.06. The fourth-order valence-electron chi connectivity index (χ4n) is 2.06. The molecule has 0 amide bonds. The second-order valence-electron chi connectivity index (χ2n) is 4.71. The molecule has 0 fully saturated rings. The summed E-state index contributed by atoms with van der Waals surface area (Å²) in [6.07, 6.45) is 0.827. The molecule has 1 aliphatic heterocycles. The first kappa shape index (κ1) is 13.7. The highest BCUT2D eigenvalue weighted by Gasteiger charge is 2.38. The molecule has 0 bridgehead atoms. The van der Waals surface area contributed by atoms with E-state index in [4.69, 9.17) is 4.74 Å². The third kappa shape index (κ3) is 2.68. The maximum Gasteiger partial charge on any atom is 0.335 e. The normalized spacial score (nSPS) is 23.2. The SMILES string of the molecule is CCC(C)C1=C(C(=O)O)[C@H]([C@@H](C)C(C)=O)CO1. The fraction of sp³-hybridized carbons (Fsp3) is 0.692. The first-order valence-corrected chi connectivity index (χ1v) is 6.00. The lowest BCUT2D eigenvalue weighted by Gasteiger charge is -2.15. The van der Waals surface area contributed by atoms with E-state index in [0.717, 1.165) is 6.42 Å². The largest absolute Gasteiger partial charge is 0.496 e. The van der Waals surface area contributed by atoms with Crippen molar-refractivity contribution in [2.24, 2.45) is 17.8 Å². The van der Waals surface area contributed by atoms with E-state index in [2.05, 4.69) is 0 Å². The molecule has 0 aromatic carbocycles. The molecule has 0 aromatic heterocycles. The van der Waals surface area contributed by atoms with Crippen LogP contribution in [0.4, 0.5) is 0 Å². The minimum absolute atomic E-state index is 0.00255. The zero-order valence-electron chi connectivity index (χ0n) is 10.8. The Balaban J connectivity index is 3.08. The number of allylic oxidation sites excluding steroid dienone is 1. The Bertz CT molecular complexity index is 356. The monoisotopic (exact) mass is 240 g/mol. The highest BCUT2D eigenvalue weighted by Crippen LogP contribution is 2.36. The van der Waals surface area contributed by atoms with Gasteiger partial charge in [0.25, 0.3) is 0 Å². The van der Waals surface area contributed by atoms with Crippen molar-refractivity contribution in [3.8, 4) is 0 Å². The van der Waals surface area contributed by atoms with Gasteiger partial charge in [0, 0.05) is 17.8 Å². The van der Waals surface area contributed by atoms with Crippen molar-refractivity contribution in [2.45, 2.75) is 34.1 Å². The van der Waals surface area contributed by atoms with Crippen molar-refractivity contribution in [1.29, 1.82) is 0 Å². The van der Waals surface area contributed by atoms with Gasteiger partial charge < -0.3 is 9.84 Å². The minimum atomic E-state index is -0.962. The van der Waals surface area contributed by atoms with E-state index < -0.39 is 5.97 Å². The second kappa shape index (κ2) is 5.34. The Labute approximate surface area is 102 Å². The summed E-state index contributed by atoms with van der Waals surface area (Å²) in [6.45, 7) is 7.49. The lowest BCUT2D eigenvalue weighted by molar-refractivity contribution is -0.133. The predicted octanol–water partition coefficient (Wildman–Crippen LogP) is 2.24. The van der Waals surface area contributed by atoms with E-state index in [0.29, 0.717) is 17.9 Å². The van der Waals surface area contributed by atoms with Gasteiger partial charge in [-0.2, -0.15) is 0 Å². The quantitative estimate of drug-likeness (QED) is 0.800. The van der Waals surface area contributed by atoms with E-state index in [1.165, 1.54) is 6.92 Å². The Hall–Kier alpha value is -1.32. The summed E-state index contributed by atoms with van der Waals surface area (Å²) < 4.78 is 5.51. The Kier molecular flexibility index (Phi) is 4.32. The molecule has 0 radical (unpaired) electrons. The van der Waals surface area contributed by atoms with Gasteiger partial charge in [-0.25, -0.2) is 4.79 Å². The van der Waals surface area contributed by atoms with Gasteiger partial charge in [-0.15, -0.1) is 0 Å². The van der Waals surface area contributed by atoms with Crippen LogP contribution in [-0.4, -0.2) is 23.5 Å². The van der Waals surface area contributed by atoms with Crippen molar-refractivity contribution >= 4 is 11.8 Å². The average molecular weight is 240 g/mol. The third-order valence-electron chi connectivity index (χ3n) is 3.59. The van der Waals surface area contributed by atoms with Crippen LogP contribution in [-0.2, 0) is 14.3 Å². The second-order valence-corrected chi connectivity index (χ2v) is 4.71. The molecule has 17 heavy (non-hydrogen) atoms. The van der Waals surface area contributed by atoms with E-state index in [1.807, 2.05) is 13.8 Å². The molecule has 4 nitrogen and oxygen atoms in total. The highest BCUT2D eigenvalue weighted by atomic mass is 16.5. The van der Waals surface area contributed by atoms with Crippen LogP contribution < -0.4 is 0 Å². The molecule has 96 valence electrons. The molecular formula is C13H20O4. The van der Waals surface area contributed by atoms with E-state index in [9.17, 15) is 14.7 Å². The molecule has 0 spiro atoms. The molecule has 0 saturated heterocycles. The van der Waals surface area contributed by atoms with Crippen LogP contribution in [0.25, 0.3) is 0 Å². The standard InChI is InChI=1S/C13H20O4/c1-5-7(2)12-11(13(15)16)10(6-17-12)8(3)9(4)14/h7-8,10H,5-6H2,1-4H3,(H,15,16)/t7?,8-,10-/m0/s1. The predicted molar refractivity (Wildman–Crippen MR) is 63.4 cm³/mol. The summed E-state index contributed by atoms with van der Waals surface area (Å²) in [5.74, 6) is -0.932. The number of hydrogen-bond acceptors (Lipinski definition) is 3. The Morgan fingerprint density at radius 3 is 2.47 bits per heavy atom. The van der Waals surface area contributed by atoms with E-state index >= 15 is 0 Å². The summed E-state index contributed by atoms with van der Waals surface area (Å²) in [7, 11) is 0. The van der Waals surface area contributed by atoms with Crippen molar-refractivity contribution < 1.29 is 19.4 Å². The number of carboxylic acids is 1. The summed E-state index contributed by atoms with van der Waals surface area (Å²) >= 11 is 0. The van der Waals surface area contributed by atoms with Gasteiger partial charge in [0.1, 0.15) is 11.5 Å². The smallest absolute Gasteiger partial charge is 0.335 e. The maximum absolute atomic E-state index is 11.4. The van der Waals surface area contributed by atoms with Crippen molar-refractivity contribution in [2.75, 3.05) is 6.61 Å². The number of carbonyl (C=O) groups is 2. The number of hydrogen-bond donors (Lipinski definition) is 1. The molecule has 3 atom stereocenters. The van der Waals surface area contributed by atoms with Crippen molar-refractivity contribution in [3.63, 3.8) is 0 Å². The lowest BCUT2D eigenvalue weighted by Crippen LogP contribution is -2.24. The van der Waals surface area contributed by atoms with Crippen molar-refractivity contribution in [3.05, 3.63) is 11.3 Å². The number of rotatable bonds is 5. The van der Waals surface area contributed by atoms with Gasteiger partial charge in [-0.05, 0) is 13.3 Å². The lowest BCUT2D eigenvalue weighted by atomic mass is 9.84. The number of carboxylic acid groups (broad SMARTS) is 1. The van der Waals surface area contributed by atoms with Crippen LogP contribution in [0.5, 0.6) is 0 Å². The van der Waals surface area contributed by atoms with Gasteiger partial charge in [-0.3, -0.25) is 4.79 Å². The zero-order valence-corrected chi connectivity index (χ0v) is 10.8. The summed E-state index contributed by atoms with van der Waals surface area (Å²) in [5.41, 5.74) is 0.294. The van der Waals surface area contributed by atoms with Crippen LogP contribution in [0.2, 0.25) is 0 Å². The number of ketones is 1. The molecule has 1 aliphatic rings. The van der Waals surface area contributed by atoms with Gasteiger partial charge in [0.05, 0.1) is 12.2 Å². The highest BCUT2D eigenvalue weighted by molar-refractivity contribution is 5.90. The molecule has 1 rings (SSSR count). The summed E-state index contributed by atoms with van der Waals surface area (Å²) in [4.78, 5) is 22.7. The van der Waals surface area contributed by atoms with Gasteiger partial charge in [0.2, 0.25) is 0 Å². The summed E-state index contributed by atoms with van der Waals surface area (Å²) in [5, 5.41) is 9.28. The minimum Gasteiger partial charge on any atom is -0.496 e. The molecule has 0 saturated carbocycles. The van der Waals surface area contributed by atoms with Gasteiger partial charge in [0.15, 0.2) is 0 Å². The first-order chi connectivity index (χ1) is 7.90. The van der Waals surface area contributed by atoms with Crippen LogP contribution in [0.15, 0.2) is 11.3 Å². The number of aliphatic carboxylic acids is 1. The molecule has 4 heteroatoms. The van der Waals surface area contributed by atoms with Crippen LogP contribution >= 0.6 is 0 Å². The molecular weight excluding hydrogens is 220 g/mol.